The van der Waals surface area contributed by atoms with Gasteiger partial charge in [-0.1, -0.05) is 18.2 Å². The second-order valence-corrected chi connectivity index (χ2v) is 4.02. The van der Waals surface area contributed by atoms with Crippen LogP contribution in [0.2, 0.25) is 0 Å². The van der Waals surface area contributed by atoms with E-state index in [1.165, 1.54) is 12.5 Å². The predicted molar refractivity (Wildman–Crippen MR) is 63.9 cm³/mol. The molecule has 18 heavy (non-hydrogen) atoms. The van der Waals surface area contributed by atoms with E-state index in [1.54, 1.807) is 24.3 Å². The van der Waals surface area contributed by atoms with Crippen molar-refractivity contribution in [2.45, 2.75) is 11.8 Å². The van der Waals surface area contributed by atoms with Gasteiger partial charge in [-0.25, -0.2) is 9.97 Å². The maximum Gasteiger partial charge on any atom is 0.244 e. The first kappa shape index (κ1) is 12.0. The number of aromatic nitrogens is 2. The van der Waals surface area contributed by atoms with Gasteiger partial charge in [0.25, 0.3) is 0 Å². The molecule has 0 saturated heterocycles. The van der Waals surface area contributed by atoms with Crippen LogP contribution in [0.25, 0.3) is 0 Å². The lowest BCUT2D eigenvalue weighted by Crippen LogP contribution is -2.42. The first-order chi connectivity index (χ1) is 8.56. The van der Waals surface area contributed by atoms with Crippen molar-refractivity contribution in [3.05, 3.63) is 48.1 Å². The number of rotatable bonds is 3. The van der Waals surface area contributed by atoms with Crippen LogP contribution in [0.5, 0.6) is 0 Å². The smallest absolute Gasteiger partial charge is 0.244 e. The predicted octanol–water partition coefficient (Wildman–Crippen LogP) is -0.429. The zero-order chi connectivity index (χ0) is 13.2. The maximum absolute atomic E-state index is 11.8. The fourth-order valence-electron chi connectivity index (χ4n) is 1.94. The number of allylic oxidation sites excluding steroid dienone is 2. The molecule has 0 spiro atoms. The molecule has 1 heterocycles. The van der Waals surface area contributed by atoms with Gasteiger partial charge in [0, 0.05) is 18.2 Å². The molecular weight excluding hydrogens is 232 g/mol. The Kier molecular flexibility index (Phi) is 2.93. The van der Waals surface area contributed by atoms with E-state index in [0.717, 1.165) is 0 Å². The molecule has 0 aliphatic heterocycles. The second kappa shape index (κ2) is 4.40. The summed E-state index contributed by atoms with van der Waals surface area (Å²) in [5, 5.41) is 0. The van der Waals surface area contributed by atoms with E-state index in [4.69, 9.17) is 11.5 Å². The number of hydrogen-bond acceptors (Lipinski definition) is 4. The highest BCUT2D eigenvalue weighted by Crippen LogP contribution is 2.34. The SMILES string of the molecule is NC(=O)C1=CC=CC(C(N)=O)(c2ccncn2)C1. The van der Waals surface area contributed by atoms with Crippen LogP contribution in [0.3, 0.4) is 0 Å². The highest BCUT2D eigenvalue weighted by molar-refractivity contribution is 5.97. The molecule has 2 amide bonds. The van der Waals surface area contributed by atoms with Gasteiger partial charge in [0.1, 0.15) is 11.7 Å². The standard InChI is InChI=1S/C12H12N4O2/c13-10(17)8-2-1-4-12(6-8,11(14)18)9-3-5-15-7-16-9/h1-5,7H,6H2,(H2,13,17)(H2,14,18). The third kappa shape index (κ3) is 1.88. The van der Waals surface area contributed by atoms with Crippen molar-refractivity contribution in [1.82, 2.24) is 9.97 Å². The molecule has 6 heteroatoms. The maximum atomic E-state index is 11.8. The van der Waals surface area contributed by atoms with Gasteiger partial charge in [-0.05, 0) is 6.07 Å². The van der Waals surface area contributed by atoms with E-state index in [2.05, 4.69) is 9.97 Å². The average Bonchev–Trinajstić information content (AvgIpc) is 2.39. The highest BCUT2D eigenvalue weighted by Gasteiger charge is 2.40. The van der Waals surface area contributed by atoms with Gasteiger partial charge in [-0.2, -0.15) is 0 Å². The van der Waals surface area contributed by atoms with Crippen LogP contribution in [0.4, 0.5) is 0 Å². The number of nitrogens with two attached hydrogens (primary N) is 2. The molecule has 1 aliphatic carbocycles. The zero-order valence-corrected chi connectivity index (χ0v) is 9.54. The molecule has 0 bridgehead atoms. The summed E-state index contributed by atoms with van der Waals surface area (Å²) in [6.07, 6.45) is 7.76. The number of carbonyl (C=O) groups excluding carboxylic acids is 2. The molecule has 0 fully saturated rings. The van der Waals surface area contributed by atoms with Gasteiger partial charge in [0.2, 0.25) is 11.8 Å². The fraction of sp³-hybridized carbons (Fsp3) is 0.167. The van der Waals surface area contributed by atoms with Crippen molar-refractivity contribution in [3.63, 3.8) is 0 Å². The lowest BCUT2D eigenvalue weighted by molar-refractivity contribution is -0.122. The van der Waals surface area contributed by atoms with Gasteiger partial charge in [-0.3, -0.25) is 9.59 Å². The number of primary amides is 2. The van der Waals surface area contributed by atoms with Gasteiger partial charge in [-0.15, -0.1) is 0 Å². The topological polar surface area (TPSA) is 112 Å². The van der Waals surface area contributed by atoms with Crippen molar-refractivity contribution >= 4 is 11.8 Å². The zero-order valence-electron chi connectivity index (χ0n) is 9.54. The van der Waals surface area contributed by atoms with Gasteiger partial charge < -0.3 is 11.5 Å². The molecule has 0 saturated carbocycles. The first-order valence-corrected chi connectivity index (χ1v) is 5.31. The first-order valence-electron chi connectivity index (χ1n) is 5.31. The molecule has 1 aromatic rings. The normalized spacial score (nSPS) is 22.3. The summed E-state index contributed by atoms with van der Waals surface area (Å²) >= 11 is 0. The number of carbonyl (C=O) groups is 2. The summed E-state index contributed by atoms with van der Waals surface area (Å²) in [6, 6.07) is 1.60. The lowest BCUT2D eigenvalue weighted by atomic mass is 9.74. The van der Waals surface area contributed by atoms with Crippen LogP contribution in [0.15, 0.2) is 42.4 Å². The summed E-state index contributed by atoms with van der Waals surface area (Å²) in [5.41, 5.74) is 10.4. The van der Waals surface area contributed by atoms with E-state index >= 15 is 0 Å². The highest BCUT2D eigenvalue weighted by atomic mass is 16.1. The molecule has 1 aromatic heterocycles. The summed E-state index contributed by atoms with van der Waals surface area (Å²) in [6.45, 7) is 0. The molecule has 1 unspecified atom stereocenters. The van der Waals surface area contributed by atoms with E-state index in [9.17, 15) is 9.59 Å². The van der Waals surface area contributed by atoms with Gasteiger partial charge in [0.05, 0.1) is 5.69 Å². The lowest BCUT2D eigenvalue weighted by Gasteiger charge is -2.29. The molecule has 4 N–H and O–H groups in total. The summed E-state index contributed by atoms with van der Waals surface area (Å²) < 4.78 is 0. The van der Waals surface area contributed by atoms with Crippen LogP contribution in [-0.2, 0) is 15.0 Å². The summed E-state index contributed by atoms with van der Waals surface area (Å²) in [7, 11) is 0. The monoisotopic (exact) mass is 244 g/mol. The molecule has 0 radical (unpaired) electrons. The van der Waals surface area contributed by atoms with Crippen LogP contribution in [0, 0.1) is 0 Å². The summed E-state index contributed by atoms with van der Waals surface area (Å²) in [4.78, 5) is 30.8. The largest absolute Gasteiger partial charge is 0.369 e. The Hall–Kier alpha value is -2.50. The van der Waals surface area contributed by atoms with E-state index in [1.807, 2.05) is 0 Å². The van der Waals surface area contributed by atoms with Crippen LogP contribution >= 0.6 is 0 Å². The van der Waals surface area contributed by atoms with Gasteiger partial charge in [0.15, 0.2) is 0 Å². The Morgan fingerprint density at radius 3 is 2.67 bits per heavy atom. The van der Waals surface area contributed by atoms with E-state index < -0.39 is 17.2 Å². The quantitative estimate of drug-likeness (QED) is 0.751. The van der Waals surface area contributed by atoms with Crippen molar-refractivity contribution in [2.75, 3.05) is 0 Å². The Morgan fingerprint density at radius 2 is 2.11 bits per heavy atom. The van der Waals surface area contributed by atoms with Crippen molar-refractivity contribution < 1.29 is 9.59 Å². The number of hydrogen-bond donors (Lipinski definition) is 2. The fourth-order valence-corrected chi connectivity index (χ4v) is 1.94. The number of amides is 2. The molecule has 1 atom stereocenters. The Labute approximate surface area is 103 Å². The Bertz CT molecular complexity index is 550. The van der Waals surface area contributed by atoms with Crippen LogP contribution in [-0.4, -0.2) is 21.8 Å². The average molecular weight is 244 g/mol. The Morgan fingerprint density at radius 1 is 1.33 bits per heavy atom. The molecular formula is C12H12N4O2. The molecule has 0 aromatic carbocycles. The second-order valence-electron chi connectivity index (χ2n) is 4.02. The molecule has 2 rings (SSSR count). The van der Waals surface area contributed by atoms with Crippen LogP contribution < -0.4 is 11.5 Å². The van der Waals surface area contributed by atoms with Gasteiger partial charge >= 0.3 is 0 Å². The minimum atomic E-state index is -1.14. The van der Waals surface area contributed by atoms with Crippen molar-refractivity contribution in [1.29, 1.82) is 0 Å². The Balaban J connectivity index is 2.49. The molecule has 92 valence electrons. The van der Waals surface area contributed by atoms with Crippen molar-refractivity contribution in [2.24, 2.45) is 11.5 Å². The third-order valence-corrected chi connectivity index (χ3v) is 2.94. The van der Waals surface area contributed by atoms with E-state index in [0.29, 0.717) is 11.3 Å². The molecule has 6 nitrogen and oxygen atoms in total. The summed E-state index contributed by atoms with van der Waals surface area (Å²) in [5.74, 6) is -1.15. The van der Waals surface area contributed by atoms with E-state index in [-0.39, 0.29) is 6.42 Å². The minimum Gasteiger partial charge on any atom is -0.369 e. The van der Waals surface area contributed by atoms with Crippen molar-refractivity contribution in [3.8, 4) is 0 Å². The third-order valence-electron chi connectivity index (χ3n) is 2.94. The number of nitrogens with zero attached hydrogens (tertiary/aromatic N) is 2. The minimum absolute atomic E-state index is 0.116. The molecule has 1 aliphatic rings. The van der Waals surface area contributed by atoms with Crippen LogP contribution in [0.1, 0.15) is 12.1 Å².